The van der Waals surface area contributed by atoms with Gasteiger partial charge in [-0.25, -0.2) is 4.98 Å². The third-order valence-electron chi connectivity index (χ3n) is 3.84. The molecule has 0 spiro atoms. The van der Waals surface area contributed by atoms with Gasteiger partial charge in [-0.1, -0.05) is 25.2 Å². The summed E-state index contributed by atoms with van der Waals surface area (Å²) in [5.74, 6) is 1.83. The van der Waals surface area contributed by atoms with Crippen LogP contribution in [0.15, 0.2) is 12.1 Å². The summed E-state index contributed by atoms with van der Waals surface area (Å²) in [6.45, 7) is 8.31. The summed E-state index contributed by atoms with van der Waals surface area (Å²) in [5, 5.41) is 0. The van der Waals surface area contributed by atoms with Gasteiger partial charge in [0.2, 0.25) is 0 Å². The van der Waals surface area contributed by atoms with E-state index in [1.807, 2.05) is 6.92 Å². The van der Waals surface area contributed by atoms with Crippen molar-refractivity contribution in [3.05, 3.63) is 39.3 Å². The van der Waals surface area contributed by atoms with Crippen LogP contribution in [0, 0.1) is 25.4 Å². The van der Waals surface area contributed by atoms with Crippen LogP contribution in [-0.4, -0.2) is 17.1 Å². The second kappa shape index (κ2) is 6.39. The van der Waals surface area contributed by atoms with Crippen molar-refractivity contribution >= 4 is 12.2 Å². The zero-order chi connectivity index (χ0) is 15.6. The lowest BCUT2D eigenvalue weighted by atomic mass is 10.00. The molecule has 1 aromatic heterocycles. The number of aromatic nitrogens is 2. The summed E-state index contributed by atoms with van der Waals surface area (Å²) in [5.41, 5.74) is 5.42. The van der Waals surface area contributed by atoms with Crippen LogP contribution in [-0.2, 0) is 6.42 Å². The Morgan fingerprint density at radius 3 is 2.52 bits per heavy atom. The Labute approximate surface area is 131 Å². The van der Waals surface area contributed by atoms with Crippen LogP contribution >= 0.6 is 12.2 Å². The van der Waals surface area contributed by atoms with Gasteiger partial charge in [-0.2, -0.15) is 0 Å². The molecule has 1 N–H and O–H groups in total. The molecule has 0 amide bonds. The molecule has 3 nitrogen and oxygen atoms in total. The molecule has 2 aromatic rings. The van der Waals surface area contributed by atoms with Crippen molar-refractivity contribution in [3.8, 4) is 17.0 Å². The molecule has 0 fully saturated rings. The van der Waals surface area contributed by atoms with Crippen LogP contribution in [0.5, 0.6) is 5.75 Å². The second-order valence-corrected chi connectivity index (χ2v) is 5.71. The quantitative estimate of drug-likeness (QED) is 0.832. The van der Waals surface area contributed by atoms with Crippen LogP contribution in [0.25, 0.3) is 11.3 Å². The molecule has 0 aliphatic carbocycles. The summed E-state index contributed by atoms with van der Waals surface area (Å²) >= 11 is 5.41. The van der Waals surface area contributed by atoms with Crippen LogP contribution in [0.2, 0.25) is 0 Å². The minimum absolute atomic E-state index is 0.660. The van der Waals surface area contributed by atoms with Crippen molar-refractivity contribution in [1.29, 1.82) is 0 Å². The summed E-state index contributed by atoms with van der Waals surface area (Å²) in [6, 6.07) is 4.20. The molecular weight excluding hydrogens is 280 g/mol. The fourth-order valence-corrected chi connectivity index (χ4v) is 2.67. The lowest BCUT2D eigenvalue weighted by molar-refractivity contribution is 0.413. The van der Waals surface area contributed by atoms with Gasteiger partial charge < -0.3 is 9.72 Å². The SMILES string of the molecule is CCCc1nc(=S)c(C)c(-c2ccc(C)c(C)c2OC)[nH]1. The maximum Gasteiger partial charge on any atom is 0.133 e. The number of benzene rings is 1. The molecule has 0 unspecified atom stereocenters. The number of nitrogens with zero attached hydrogens (tertiary/aromatic N) is 1. The lowest BCUT2D eigenvalue weighted by Gasteiger charge is -2.16. The highest BCUT2D eigenvalue weighted by molar-refractivity contribution is 7.71. The van der Waals surface area contributed by atoms with Gasteiger partial charge in [-0.05, 0) is 44.4 Å². The van der Waals surface area contributed by atoms with E-state index in [4.69, 9.17) is 17.0 Å². The van der Waals surface area contributed by atoms with Crippen molar-refractivity contribution in [2.24, 2.45) is 0 Å². The van der Waals surface area contributed by atoms with E-state index in [0.29, 0.717) is 4.64 Å². The highest BCUT2D eigenvalue weighted by Gasteiger charge is 2.14. The van der Waals surface area contributed by atoms with Crippen LogP contribution in [0.3, 0.4) is 0 Å². The fourth-order valence-electron chi connectivity index (χ4n) is 2.45. The normalized spacial score (nSPS) is 10.7. The van der Waals surface area contributed by atoms with Gasteiger partial charge in [-0.15, -0.1) is 0 Å². The van der Waals surface area contributed by atoms with Crippen LogP contribution < -0.4 is 4.74 Å². The largest absolute Gasteiger partial charge is 0.496 e. The Hall–Kier alpha value is -1.68. The summed E-state index contributed by atoms with van der Waals surface area (Å²) in [6.07, 6.45) is 1.93. The van der Waals surface area contributed by atoms with E-state index in [1.54, 1.807) is 7.11 Å². The van der Waals surface area contributed by atoms with Crippen molar-refractivity contribution < 1.29 is 4.74 Å². The van der Waals surface area contributed by atoms with E-state index < -0.39 is 0 Å². The summed E-state index contributed by atoms with van der Waals surface area (Å²) < 4.78 is 6.29. The Bertz CT molecular complexity index is 719. The Kier molecular flexibility index (Phi) is 4.78. The molecule has 21 heavy (non-hydrogen) atoms. The first-order valence-electron chi connectivity index (χ1n) is 7.24. The number of hydrogen-bond donors (Lipinski definition) is 1. The van der Waals surface area contributed by atoms with Gasteiger partial charge in [0.05, 0.1) is 12.8 Å². The molecule has 0 saturated heterocycles. The predicted molar refractivity (Wildman–Crippen MR) is 89.6 cm³/mol. The van der Waals surface area contributed by atoms with E-state index in [0.717, 1.165) is 46.8 Å². The third kappa shape index (κ3) is 3.00. The topological polar surface area (TPSA) is 37.9 Å². The van der Waals surface area contributed by atoms with Gasteiger partial charge in [0.15, 0.2) is 0 Å². The standard InChI is InChI=1S/C17H22N2OS/c1-6-7-14-18-15(12(4)17(21)19-14)13-9-8-10(2)11(3)16(13)20-5/h8-9H,6-7H2,1-5H3,(H,18,19,21). The lowest BCUT2D eigenvalue weighted by Crippen LogP contribution is -2.02. The van der Waals surface area contributed by atoms with E-state index in [-0.39, 0.29) is 0 Å². The monoisotopic (exact) mass is 302 g/mol. The average Bonchev–Trinajstić information content (AvgIpc) is 2.46. The molecule has 0 bridgehead atoms. The number of aromatic amines is 1. The molecule has 0 saturated carbocycles. The highest BCUT2D eigenvalue weighted by Crippen LogP contribution is 2.35. The minimum atomic E-state index is 0.660. The number of rotatable bonds is 4. The first-order chi connectivity index (χ1) is 9.99. The fraction of sp³-hybridized carbons (Fsp3) is 0.412. The van der Waals surface area contributed by atoms with E-state index in [1.165, 1.54) is 5.56 Å². The molecule has 1 heterocycles. The zero-order valence-electron chi connectivity index (χ0n) is 13.3. The maximum atomic E-state index is 5.63. The summed E-state index contributed by atoms with van der Waals surface area (Å²) in [4.78, 5) is 7.90. The molecule has 2 rings (SSSR count). The number of H-pyrrole nitrogens is 1. The van der Waals surface area contributed by atoms with Crippen molar-refractivity contribution in [2.75, 3.05) is 7.11 Å². The van der Waals surface area contributed by atoms with Crippen molar-refractivity contribution in [1.82, 2.24) is 9.97 Å². The molecule has 1 aromatic carbocycles. The number of nitrogens with one attached hydrogen (secondary N) is 1. The highest BCUT2D eigenvalue weighted by atomic mass is 32.1. The van der Waals surface area contributed by atoms with Gasteiger partial charge in [0, 0.05) is 17.5 Å². The zero-order valence-corrected chi connectivity index (χ0v) is 14.1. The Balaban J connectivity index is 2.72. The first kappa shape index (κ1) is 15.7. The predicted octanol–water partition coefficient (Wildman–Crippen LogP) is 4.69. The first-order valence-corrected chi connectivity index (χ1v) is 7.64. The molecule has 0 aliphatic heterocycles. The van der Waals surface area contributed by atoms with Gasteiger partial charge >= 0.3 is 0 Å². The second-order valence-electron chi connectivity index (χ2n) is 5.33. The van der Waals surface area contributed by atoms with Gasteiger partial charge in [-0.3, -0.25) is 0 Å². The van der Waals surface area contributed by atoms with Crippen molar-refractivity contribution in [3.63, 3.8) is 0 Å². The summed E-state index contributed by atoms with van der Waals surface area (Å²) in [7, 11) is 1.71. The van der Waals surface area contributed by atoms with E-state index in [2.05, 4.69) is 42.9 Å². The average molecular weight is 302 g/mol. The van der Waals surface area contributed by atoms with Gasteiger partial charge in [0.1, 0.15) is 16.2 Å². The number of methoxy groups -OCH3 is 1. The molecule has 0 atom stereocenters. The van der Waals surface area contributed by atoms with Gasteiger partial charge in [0.25, 0.3) is 0 Å². The smallest absolute Gasteiger partial charge is 0.133 e. The van der Waals surface area contributed by atoms with Crippen molar-refractivity contribution in [2.45, 2.75) is 40.5 Å². The molecule has 0 radical (unpaired) electrons. The molecule has 0 aliphatic rings. The van der Waals surface area contributed by atoms with Crippen LogP contribution in [0.1, 0.15) is 35.9 Å². The number of aryl methyl sites for hydroxylation is 2. The Morgan fingerprint density at radius 1 is 1.19 bits per heavy atom. The van der Waals surface area contributed by atoms with E-state index >= 15 is 0 Å². The molecule has 4 heteroatoms. The molecule has 112 valence electrons. The van der Waals surface area contributed by atoms with E-state index in [9.17, 15) is 0 Å². The molecular formula is C17H22N2OS. The Morgan fingerprint density at radius 2 is 1.90 bits per heavy atom. The maximum absolute atomic E-state index is 5.63. The number of hydrogen-bond acceptors (Lipinski definition) is 3. The minimum Gasteiger partial charge on any atom is -0.496 e. The number of ether oxygens (including phenoxy) is 1. The third-order valence-corrected chi connectivity index (χ3v) is 4.24. The van der Waals surface area contributed by atoms with Crippen LogP contribution in [0.4, 0.5) is 0 Å².